The highest BCUT2D eigenvalue weighted by Gasteiger charge is 2.19. The minimum Gasteiger partial charge on any atom is -0.335 e. The molecule has 0 radical (unpaired) electrons. The van der Waals surface area contributed by atoms with Crippen molar-refractivity contribution in [2.45, 2.75) is 44.6 Å². The van der Waals surface area contributed by atoms with Gasteiger partial charge in [0.05, 0.1) is 10.9 Å². The Morgan fingerprint density at radius 2 is 1.79 bits per heavy atom. The smallest absolute Gasteiger partial charge is 0.288 e. The molecule has 0 aliphatic rings. The molecule has 3 N–H and O–H groups in total. The SMILES string of the molecule is CC.Cc1ccc(S(=O)(=O)CNC(=O)C(=O)CC[C@H](N)C=O)cc1.[HH]. The van der Waals surface area contributed by atoms with Gasteiger partial charge >= 0.3 is 0 Å². The van der Waals surface area contributed by atoms with Gasteiger partial charge in [-0.25, -0.2) is 8.42 Å². The molecule has 0 spiro atoms. The molecule has 1 rings (SSSR count). The van der Waals surface area contributed by atoms with Gasteiger partial charge in [0.1, 0.15) is 12.2 Å². The van der Waals surface area contributed by atoms with Crippen LogP contribution in [0.1, 0.15) is 33.7 Å². The standard InChI is InChI=1S/C14H18N2O5S.C2H6.H2/c1-10-2-5-12(6-3-10)22(20,21)9-16-14(19)13(18)7-4-11(15)8-17;1-2;/h2-3,5-6,8,11H,4,7,9,15H2,1H3,(H,16,19);1-2H3;1H/t11-;;/m0../s1. The van der Waals surface area contributed by atoms with Crippen LogP contribution in [-0.2, 0) is 24.2 Å². The molecular formula is C16H26N2O5S. The number of nitrogens with two attached hydrogens (primary N) is 1. The summed E-state index contributed by atoms with van der Waals surface area (Å²) in [6, 6.07) is 5.33. The first-order valence-corrected chi connectivity index (χ1v) is 9.23. The van der Waals surface area contributed by atoms with E-state index in [0.29, 0.717) is 6.29 Å². The lowest BCUT2D eigenvalue weighted by Gasteiger charge is -2.07. The highest BCUT2D eigenvalue weighted by atomic mass is 32.2. The summed E-state index contributed by atoms with van der Waals surface area (Å²) in [5.41, 5.74) is 6.21. The summed E-state index contributed by atoms with van der Waals surface area (Å²) in [6.45, 7) is 5.82. The first kappa shape index (κ1) is 21.9. The van der Waals surface area contributed by atoms with E-state index in [2.05, 4.69) is 5.32 Å². The quantitative estimate of drug-likeness (QED) is 0.527. The van der Waals surface area contributed by atoms with Crippen LogP contribution in [-0.4, -0.2) is 38.3 Å². The van der Waals surface area contributed by atoms with Crippen LogP contribution in [0.15, 0.2) is 29.2 Å². The number of rotatable bonds is 8. The third-order valence-corrected chi connectivity index (χ3v) is 4.45. The zero-order chi connectivity index (χ0) is 18.8. The van der Waals surface area contributed by atoms with Gasteiger partial charge in [-0.3, -0.25) is 9.59 Å². The lowest BCUT2D eigenvalue weighted by Crippen LogP contribution is -2.35. The van der Waals surface area contributed by atoms with Gasteiger partial charge < -0.3 is 15.8 Å². The Morgan fingerprint density at radius 1 is 1.25 bits per heavy atom. The summed E-state index contributed by atoms with van der Waals surface area (Å²) in [6.07, 6.45) is 0.309. The van der Waals surface area contributed by atoms with Gasteiger partial charge in [-0.2, -0.15) is 0 Å². The van der Waals surface area contributed by atoms with Crippen molar-refractivity contribution in [1.82, 2.24) is 5.32 Å². The maximum Gasteiger partial charge on any atom is 0.288 e. The molecule has 1 atom stereocenters. The van der Waals surface area contributed by atoms with Crippen molar-refractivity contribution in [3.8, 4) is 0 Å². The molecular weight excluding hydrogens is 332 g/mol. The Hall–Kier alpha value is -2.06. The number of Topliss-reactive ketones (excluding diaryl/α,β-unsaturated/α-hetero) is 1. The molecule has 0 heterocycles. The summed E-state index contributed by atoms with van der Waals surface area (Å²) in [4.78, 5) is 33.4. The fourth-order valence-electron chi connectivity index (χ4n) is 1.57. The number of carbonyl (C=O) groups is 3. The van der Waals surface area contributed by atoms with Crippen LogP contribution in [0.5, 0.6) is 0 Å². The van der Waals surface area contributed by atoms with E-state index in [1.165, 1.54) is 12.1 Å². The normalized spacial score (nSPS) is 11.7. The summed E-state index contributed by atoms with van der Waals surface area (Å²) in [7, 11) is -3.71. The number of nitrogens with one attached hydrogen (secondary N) is 1. The van der Waals surface area contributed by atoms with Crippen LogP contribution >= 0.6 is 0 Å². The molecule has 0 saturated carbocycles. The summed E-state index contributed by atoms with van der Waals surface area (Å²) >= 11 is 0. The topological polar surface area (TPSA) is 123 Å². The second-order valence-corrected chi connectivity index (χ2v) is 6.83. The number of aldehydes is 1. The largest absolute Gasteiger partial charge is 0.335 e. The van der Waals surface area contributed by atoms with Gasteiger partial charge in [-0.1, -0.05) is 31.5 Å². The first-order chi connectivity index (χ1) is 11.3. The Balaban J connectivity index is 0. The van der Waals surface area contributed by atoms with Crippen LogP contribution in [0.2, 0.25) is 0 Å². The molecule has 7 nitrogen and oxygen atoms in total. The molecule has 1 aromatic carbocycles. The molecule has 0 unspecified atom stereocenters. The second-order valence-electron chi connectivity index (χ2n) is 4.84. The Bertz CT molecular complexity index is 660. The van der Waals surface area contributed by atoms with Crippen molar-refractivity contribution >= 4 is 27.8 Å². The van der Waals surface area contributed by atoms with Gasteiger partial charge in [-0.15, -0.1) is 0 Å². The zero-order valence-corrected chi connectivity index (χ0v) is 14.9. The third-order valence-electron chi connectivity index (χ3n) is 2.94. The summed E-state index contributed by atoms with van der Waals surface area (Å²) in [5, 5.41) is 2.07. The maximum absolute atomic E-state index is 12.0. The minimum atomic E-state index is -3.71. The van der Waals surface area contributed by atoms with Crippen LogP contribution in [0.4, 0.5) is 0 Å². The fourth-order valence-corrected chi connectivity index (χ4v) is 2.61. The molecule has 1 amide bonds. The summed E-state index contributed by atoms with van der Waals surface area (Å²) in [5.74, 6) is -2.48. The van der Waals surface area contributed by atoms with E-state index < -0.39 is 33.4 Å². The Morgan fingerprint density at radius 3 is 2.29 bits per heavy atom. The van der Waals surface area contributed by atoms with E-state index in [0.717, 1.165) is 5.56 Å². The lowest BCUT2D eigenvalue weighted by molar-refractivity contribution is -0.137. The average molecular weight is 358 g/mol. The van der Waals surface area contributed by atoms with E-state index in [-0.39, 0.29) is 19.2 Å². The highest BCUT2D eigenvalue weighted by molar-refractivity contribution is 7.91. The number of amides is 1. The number of aryl methyl sites for hydroxylation is 1. The monoisotopic (exact) mass is 358 g/mol. The third kappa shape index (κ3) is 7.47. The van der Waals surface area contributed by atoms with E-state index >= 15 is 0 Å². The fraction of sp³-hybridized carbons (Fsp3) is 0.438. The van der Waals surface area contributed by atoms with Crippen molar-refractivity contribution in [2.75, 3.05) is 5.88 Å². The number of ketones is 1. The number of hydrogen-bond donors (Lipinski definition) is 2. The zero-order valence-electron chi connectivity index (χ0n) is 14.1. The maximum atomic E-state index is 12.0. The molecule has 0 bridgehead atoms. The average Bonchev–Trinajstić information content (AvgIpc) is 2.59. The second kappa shape index (κ2) is 10.7. The van der Waals surface area contributed by atoms with Crippen molar-refractivity contribution in [3.63, 3.8) is 0 Å². The predicted octanol–water partition coefficient (Wildman–Crippen LogP) is 0.990. The molecule has 24 heavy (non-hydrogen) atoms. The van der Waals surface area contributed by atoms with Gasteiger partial charge in [-0.05, 0) is 25.5 Å². The molecule has 0 fully saturated rings. The van der Waals surface area contributed by atoms with Crippen molar-refractivity contribution in [2.24, 2.45) is 5.73 Å². The lowest BCUT2D eigenvalue weighted by atomic mass is 10.1. The molecule has 1 aromatic rings. The van der Waals surface area contributed by atoms with Gasteiger partial charge in [0, 0.05) is 7.85 Å². The van der Waals surface area contributed by atoms with Crippen LogP contribution in [0.3, 0.4) is 0 Å². The van der Waals surface area contributed by atoms with Gasteiger partial charge in [0.25, 0.3) is 5.91 Å². The Labute approximate surface area is 144 Å². The van der Waals surface area contributed by atoms with Crippen LogP contribution < -0.4 is 11.1 Å². The van der Waals surface area contributed by atoms with Gasteiger partial charge in [0.15, 0.2) is 9.84 Å². The Kier molecular flexibility index (Phi) is 9.75. The van der Waals surface area contributed by atoms with E-state index in [4.69, 9.17) is 5.73 Å². The predicted molar refractivity (Wildman–Crippen MR) is 93.1 cm³/mol. The molecule has 0 saturated heterocycles. The van der Waals surface area contributed by atoms with Crippen LogP contribution in [0, 0.1) is 6.92 Å². The highest BCUT2D eigenvalue weighted by Crippen LogP contribution is 2.11. The van der Waals surface area contributed by atoms with Crippen molar-refractivity contribution < 1.29 is 24.2 Å². The number of carbonyl (C=O) groups excluding carboxylic acids is 3. The van der Waals surface area contributed by atoms with Crippen LogP contribution in [0.25, 0.3) is 0 Å². The minimum absolute atomic E-state index is 0. The number of hydrogen-bond acceptors (Lipinski definition) is 6. The summed E-state index contributed by atoms with van der Waals surface area (Å²) < 4.78 is 24.0. The number of sulfone groups is 1. The molecule has 0 aromatic heterocycles. The number of benzene rings is 1. The van der Waals surface area contributed by atoms with E-state index in [1.54, 1.807) is 12.1 Å². The molecule has 0 aliphatic carbocycles. The molecule has 8 heteroatoms. The van der Waals surface area contributed by atoms with Gasteiger partial charge in [0.2, 0.25) is 5.78 Å². The van der Waals surface area contributed by atoms with Crippen molar-refractivity contribution in [1.29, 1.82) is 0 Å². The molecule has 136 valence electrons. The molecule has 0 aliphatic heterocycles. The first-order valence-electron chi connectivity index (χ1n) is 7.57. The van der Waals surface area contributed by atoms with Crippen molar-refractivity contribution in [3.05, 3.63) is 29.8 Å². The van der Waals surface area contributed by atoms with E-state index in [9.17, 15) is 22.8 Å². The van der Waals surface area contributed by atoms with E-state index in [1.807, 2.05) is 20.8 Å².